The molecule has 0 aromatic carbocycles. The van der Waals surface area contributed by atoms with E-state index in [4.69, 9.17) is 0 Å². The van der Waals surface area contributed by atoms with Crippen LogP contribution in [0.4, 0.5) is 0 Å². The average molecular weight is 283 g/mol. The minimum Gasteiger partial charge on any atom is -1.00 e. The summed E-state index contributed by atoms with van der Waals surface area (Å²) in [4.78, 5) is 22.5. The normalized spacial score (nSPS) is 7.42. The molecule has 0 fully saturated rings. The van der Waals surface area contributed by atoms with Crippen LogP contribution in [-0.2, 0) is 14.3 Å². The molecule has 4 nitrogen and oxygen atoms in total. The Kier molecular flexibility index (Phi) is 9.74. The van der Waals surface area contributed by atoms with Crippen molar-refractivity contribution in [2.24, 2.45) is 0 Å². The van der Waals surface area contributed by atoms with E-state index in [1.54, 1.807) is 6.92 Å². The molecule has 0 aliphatic carbocycles. The summed E-state index contributed by atoms with van der Waals surface area (Å²) in [6, 6.07) is 0. The highest BCUT2D eigenvalue weighted by Gasteiger charge is 2.01. The monoisotopic (exact) mass is 283 g/mol. The molecule has 0 spiro atoms. The van der Waals surface area contributed by atoms with Gasteiger partial charge in [0, 0.05) is 5.57 Å². The number of rotatable bonds is 4. The molecule has 0 atom stereocenters. The molecule has 0 saturated heterocycles. The Bertz CT molecular complexity index is 209. The summed E-state index contributed by atoms with van der Waals surface area (Å²) in [5.41, 5.74) is 0.347. The predicted octanol–water partition coefficient (Wildman–Crippen LogP) is -4.47. The minimum atomic E-state index is -0.447. The predicted molar refractivity (Wildman–Crippen MR) is 37.3 cm³/mol. The quantitative estimate of drug-likeness (QED) is 0.141. The Balaban J connectivity index is 0. The fraction of sp³-hybridized carbons (Fsp3) is 0.429. The molecule has 0 aromatic heterocycles. The van der Waals surface area contributed by atoms with Gasteiger partial charge in [-0.25, -0.2) is 4.79 Å². The lowest BCUT2D eigenvalue weighted by Crippen LogP contribution is -3.00. The number of hydrogen-bond donors (Lipinski definition) is 1. The van der Waals surface area contributed by atoms with Crippen LogP contribution in [0.1, 0.15) is 6.92 Å². The highest BCUT2D eigenvalue weighted by molar-refractivity contribution is 5.86. The molecule has 0 unspecified atom stereocenters. The molecule has 0 aliphatic heterocycles. The Labute approximate surface area is 87.7 Å². The van der Waals surface area contributed by atoms with Crippen LogP contribution in [0.5, 0.6) is 0 Å². The van der Waals surface area contributed by atoms with Gasteiger partial charge in [-0.05, 0) is 6.92 Å². The van der Waals surface area contributed by atoms with Crippen LogP contribution in [-0.4, -0.2) is 25.2 Å². The van der Waals surface area contributed by atoms with Gasteiger partial charge in [-0.15, -0.1) is 0 Å². The first kappa shape index (κ1) is 13.9. The minimum absolute atomic E-state index is 0. The third-order valence-corrected chi connectivity index (χ3v) is 0.881. The van der Waals surface area contributed by atoms with Crippen LogP contribution in [0.3, 0.4) is 0 Å². The molecule has 0 bridgehead atoms. The van der Waals surface area contributed by atoms with Crippen LogP contribution in [0.25, 0.3) is 0 Å². The van der Waals surface area contributed by atoms with Crippen molar-refractivity contribution >= 4 is 12.0 Å². The third kappa shape index (κ3) is 7.43. The molecule has 0 saturated carbocycles. The number of hydrogen-bond acceptors (Lipinski definition) is 3. The van der Waals surface area contributed by atoms with Crippen molar-refractivity contribution in [3.05, 3.63) is 12.2 Å². The Morgan fingerprint density at radius 2 is 2.25 bits per heavy atom. The molecule has 5 heteroatoms. The van der Waals surface area contributed by atoms with Crippen LogP contribution < -0.4 is 29.0 Å². The highest BCUT2D eigenvalue weighted by atomic mass is 127. The molecule has 0 radical (unpaired) electrons. The van der Waals surface area contributed by atoms with E-state index in [1.807, 2.05) is 0 Å². The SMILES string of the molecule is C=C(C)C(=O)OCC[NH+]=C=O.[I-]. The van der Waals surface area contributed by atoms with Crippen LogP contribution in [0.15, 0.2) is 12.2 Å². The standard InChI is InChI=1S/C7H9NO3.HI/c1-6(2)7(10)11-4-3-8-5-9;/h1,3-4H2,2H3;1H. The van der Waals surface area contributed by atoms with Crippen LogP contribution in [0, 0.1) is 0 Å². The van der Waals surface area contributed by atoms with E-state index in [-0.39, 0.29) is 37.1 Å². The van der Waals surface area contributed by atoms with Crippen LogP contribution >= 0.6 is 0 Å². The molecule has 0 heterocycles. The van der Waals surface area contributed by atoms with Gasteiger partial charge in [-0.3, -0.25) is 0 Å². The van der Waals surface area contributed by atoms with E-state index < -0.39 is 5.97 Å². The lowest BCUT2D eigenvalue weighted by atomic mass is 10.4. The van der Waals surface area contributed by atoms with Gasteiger partial charge in [-0.2, -0.15) is 9.79 Å². The maximum atomic E-state index is 10.7. The van der Waals surface area contributed by atoms with E-state index in [0.29, 0.717) is 5.57 Å². The molecule has 0 aromatic rings. The molecule has 0 aliphatic rings. The van der Waals surface area contributed by atoms with Gasteiger partial charge in [0.1, 0.15) is 0 Å². The zero-order chi connectivity index (χ0) is 8.69. The summed E-state index contributed by atoms with van der Waals surface area (Å²) in [6.07, 6.45) is 1.46. The van der Waals surface area contributed by atoms with Crippen molar-refractivity contribution in [2.45, 2.75) is 6.92 Å². The molecular formula is C7H10INO3. The fourth-order valence-electron chi connectivity index (χ4n) is 0.369. The van der Waals surface area contributed by atoms with Crippen molar-refractivity contribution < 1.29 is 43.3 Å². The molecule has 1 N–H and O–H groups in total. The smallest absolute Gasteiger partial charge is 0.422 e. The number of carbonyl (C=O) groups excluding carboxylic acids is 2. The van der Waals surface area contributed by atoms with Crippen molar-refractivity contribution in [1.29, 1.82) is 0 Å². The second kappa shape index (κ2) is 8.42. The summed E-state index contributed by atoms with van der Waals surface area (Å²) in [5.74, 6) is -0.447. The molecular weight excluding hydrogens is 273 g/mol. The second-order valence-corrected chi connectivity index (χ2v) is 1.95. The van der Waals surface area contributed by atoms with Gasteiger partial charge in [0.15, 0.2) is 13.2 Å². The molecule has 0 rings (SSSR count). The van der Waals surface area contributed by atoms with E-state index in [2.05, 4.69) is 16.3 Å². The van der Waals surface area contributed by atoms with Gasteiger partial charge >= 0.3 is 12.0 Å². The summed E-state index contributed by atoms with van der Waals surface area (Å²) >= 11 is 0. The van der Waals surface area contributed by atoms with Crippen molar-refractivity contribution in [3.63, 3.8) is 0 Å². The van der Waals surface area contributed by atoms with E-state index in [9.17, 15) is 9.59 Å². The Morgan fingerprint density at radius 3 is 2.67 bits per heavy atom. The molecule has 68 valence electrons. The fourth-order valence-corrected chi connectivity index (χ4v) is 0.369. The van der Waals surface area contributed by atoms with Gasteiger partial charge in [0.05, 0.1) is 0 Å². The third-order valence-electron chi connectivity index (χ3n) is 0.881. The Hall–Kier alpha value is -0.680. The number of ether oxygens (including phenoxy) is 1. The van der Waals surface area contributed by atoms with Crippen molar-refractivity contribution in [2.75, 3.05) is 13.2 Å². The maximum Gasteiger partial charge on any atom is 0.422 e. The zero-order valence-corrected chi connectivity index (χ0v) is 8.88. The second-order valence-electron chi connectivity index (χ2n) is 1.95. The Morgan fingerprint density at radius 1 is 1.67 bits per heavy atom. The number of nitrogens with one attached hydrogen (secondary N) is 1. The van der Waals surface area contributed by atoms with E-state index >= 15 is 0 Å². The first-order valence-electron chi connectivity index (χ1n) is 3.11. The average Bonchev–Trinajstić information content (AvgIpc) is 1.97. The number of carbonyl (C=O) groups is 1. The summed E-state index contributed by atoms with van der Waals surface area (Å²) < 4.78 is 4.63. The number of halogens is 1. The van der Waals surface area contributed by atoms with Gasteiger partial charge in [0.25, 0.3) is 0 Å². The lowest BCUT2D eigenvalue weighted by Gasteiger charge is -1.97. The van der Waals surface area contributed by atoms with Crippen molar-refractivity contribution in [1.82, 2.24) is 0 Å². The van der Waals surface area contributed by atoms with E-state index in [1.165, 1.54) is 6.08 Å². The highest BCUT2D eigenvalue weighted by Crippen LogP contribution is 1.89. The number of isocyanates is 1. The topological polar surface area (TPSA) is 57.3 Å². The van der Waals surface area contributed by atoms with Gasteiger partial charge in [0.2, 0.25) is 0 Å². The molecule has 12 heavy (non-hydrogen) atoms. The van der Waals surface area contributed by atoms with E-state index in [0.717, 1.165) is 0 Å². The summed E-state index contributed by atoms with van der Waals surface area (Å²) in [6.45, 7) is 5.37. The summed E-state index contributed by atoms with van der Waals surface area (Å²) in [5, 5.41) is 0. The largest absolute Gasteiger partial charge is 1.00 e. The summed E-state index contributed by atoms with van der Waals surface area (Å²) in [7, 11) is 0. The van der Waals surface area contributed by atoms with Gasteiger partial charge < -0.3 is 28.7 Å². The maximum absolute atomic E-state index is 10.7. The first-order chi connectivity index (χ1) is 5.18. The molecule has 0 amide bonds. The zero-order valence-electron chi connectivity index (χ0n) is 6.72. The van der Waals surface area contributed by atoms with Crippen molar-refractivity contribution in [3.8, 4) is 0 Å². The first-order valence-corrected chi connectivity index (χ1v) is 3.11. The van der Waals surface area contributed by atoms with Crippen LogP contribution in [0.2, 0.25) is 0 Å². The number of esters is 1. The van der Waals surface area contributed by atoms with Gasteiger partial charge in [-0.1, -0.05) is 6.58 Å². The lowest BCUT2D eigenvalue weighted by molar-refractivity contribution is -0.456.